The summed E-state index contributed by atoms with van der Waals surface area (Å²) in [7, 11) is 0. The fourth-order valence-electron chi connectivity index (χ4n) is 1.09. The van der Waals surface area contributed by atoms with Crippen LogP contribution in [0.3, 0.4) is 0 Å². The third-order valence-corrected chi connectivity index (χ3v) is 2.76. The van der Waals surface area contributed by atoms with E-state index in [0.29, 0.717) is 5.92 Å². The zero-order valence-electron chi connectivity index (χ0n) is 5.92. The van der Waals surface area contributed by atoms with Crippen molar-refractivity contribution in [2.45, 2.75) is 12.8 Å². The van der Waals surface area contributed by atoms with E-state index in [1.165, 1.54) is 24.3 Å². The van der Waals surface area contributed by atoms with Crippen LogP contribution >= 0.6 is 11.8 Å². The molecule has 10 heavy (non-hydrogen) atoms. The smallest absolute Gasteiger partial charge is 0.0908 e. The maximum atomic E-state index is 8.25. The highest BCUT2D eigenvalue weighted by Gasteiger charge is 2.09. The van der Waals surface area contributed by atoms with Crippen molar-refractivity contribution in [1.82, 2.24) is 0 Å². The van der Waals surface area contributed by atoms with Crippen LogP contribution in [-0.4, -0.2) is 11.5 Å². The van der Waals surface area contributed by atoms with Crippen molar-refractivity contribution in [3.05, 3.63) is 12.2 Å². The van der Waals surface area contributed by atoms with Gasteiger partial charge >= 0.3 is 0 Å². The first-order chi connectivity index (χ1) is 4.93. The Morgan fingerprint density at radius 1 is 1.40 bits per heavy atom. The van der Waals surface area contributed by atoms with Crippen LogP contribution in [-0.2, 0) is 0 Å². The molecule has 1 fully saturated rings. The third kappa shape index (κ3) is 2.45. The van der Waals surface area contributed by atoms with E-state index in [0.717, 1.165) is 0 Å². The summed E-state index contributed by atoms with van der Waals surface area (Å²) in [6, 6.07) is 2.03. The molecule has 0 aromatic rings. The Bertz CT molecular complexity index is 151. The maximum absolute atomic E-state index is 8.25. The van der Waals surface area contributed by atoms with Gasteiger partial charge in [-0.1, -0.05) is 6.08 Å². The monoisotopic (exact) mass is 153 g/mol. The third-order valence-electron chi connectivity index (χ3n) is 1.71. The lowest BCUT2D eigenvalue weighted by atomic mass is 10.0. The molecule has 1 saturated heterocycles. The largest absolute Gasteiger partial charge is 0.193 e. The Morgan fingerprint density at radius 3 is 2.70 bits per heavy atom. The van der Waals surface area contributed by atoms with Gasteiger partial charge in [0, 0.05) is 6.08 Å². The van der Waals surface area contributed by atoms with E-state index < -0.39 is 0 Å². The van der Waals surface area contributed by atoms with Crippen molar-refractivity contribution in [3.8, 4) is 6.07 Å². The van der Waals surface area contributed by atoms with Crippen LogP contribution in [0.15, 0.2) is 12.2 Å². The Morgan fingerprint density at radius 2 is 2.10 bits per heavy atom. The average Bonchev–Trinajstić information content (AvgIpc) is 2.03. The first-order valence-corrected chi connectivity index (χ1v) is 4.73. The molecule has 2 heteroatoms. The fraction of sp³-hybridized carbons (Fsp3) is 0.625. The molecule has 0 aromatic heterocycles. The predicted octanol–water partition coefficient (Wildman–Crippen LogP) is 2.21. The minimum Gasteiger partial charge on any atom is -0.193 e. The predicted molar refractivity (Wildman–Crippen MR) is 44.8 cm³/mol. The molecule has 1 aliphatic rings. The first-order valence-electron chi connectivity index (χ1n) is 3.57. The molecule has 0 aliphatic carbocycles. The number of rotatable bonds is 1. The molecule has 0 unspecified atom stereocenters. The van der Waals surface area contributed by atoms with E-state index in [-0.39, 0.29) is 0 Å². The normalized spacial score (nSPS) is 21.1. The van der Waals surface area contributed by atoms with Crippen LogP contribution in [0, 0.1) is 17.2 Å². The molecule has 54 valence electrons. The van der Waals surface area contributed by atoms with Crippen LogP contribution in [0.5, 0.6) is 0 Å². The molecule has 0 N–H and O–H groups in total. The van der Waals surface area contributed by atoms with Crippen LogP contribution in [0.2, 0.25) is 0 Å². The van der Waals surface area contributed by atoms with Crippen molar-refractivity contribution in [2.24, 2.45) is 5.92 Å². The molecule has 0 spiro atoms. The number of thioether (sulfide) groups is 1. The average molecular weight is 153 g/mol. The molecule has 1 nitrogen and oxygen atoms in total. The molecule has 0 aromatic carbocycles. The standard InChI is InChI=1S/C8H11NS/c9-5-1-2-8-3-6-10-7-4-8/h1-2,8H,3-4,6-7H2. The van der Waals surface area contributed by atoms with Crippen LogP contribution in [0.1, 0.15) is 12.8 Å². The van der Waals surface area contributed by atoms with E-state index in [2.05, 4.69) is 0 Å². The zero-order chi connectivity index (χ0) is 7.23. The molecular formula is C8H11NS. The molecular weight excluding hydrogens is 142 g/mol. The first kappa shape index (κ1) is 7.68. The van der Waals surface area contributed by atoms with Crippen molar-refractivity contribution in [1.29, 1.82) is 5.26 Å². The van der Waals surface area contributed by atoms with Gasteiger partial charge in [0.25, 0.3) is 0 Å². The summed E-state index contributed by atoms with van der Waals surface area (Å²) >= 11 is 2.02. The summed E-state index contributed by atoms with van der Waals surface area (Å²) in [6.07, 6.45) is 6.16. The zero-order valence-corrected chi connectivity index (χ0v) is 6.73. The minimum atomic E-state index is 0.681. The Balaban J connectivity index is 2.27. The summed E-state index contributed by atoms with van der Waals surface area (Å²) in [4.78, 5) is 0. The van der Waals surface area contributed by atoms with Gasteiger partial charge in [0.2, 0.25) is 0 Å². The van der Waals surface area contributed by atoms with Gasteiger partial charge in [-0.15, -0.1) is 0 Å². The second-order valence-corrected chi connectivity index (χ2v) is 3.66. The Labute approximate surface area is 66.1 Å². The van der Waals surface area contributed by atoms with Gasteiger partial charge in [-0.2, -0.15) is 17.0 Å². The van der Waals surface area contributed by atoms with Gasteiger partial charge in [-0.25, -0.2) is 0 Å². The number of nitrogens with zero attached hydrogens (tertiary/aromatic N) is 1. The minimum absolute atomic E-state index is 0.681. The van der Waals surface area contributed by atoms with Gasteiger partial charge in [0.15, 0.2) is 0 Å². The summed E-state index contributed by atoms with van der Waals surface area (Å²) in [5.41, 5.74) is 0. The van der Waals surface area contributed by atoms with Gasteiger partial charge < -0.3 is 0 Å². The number of hydrogen-bond donors (Lipinski definition) is 0. The highest BCUT2D eigenvalue weighted by atomic mass is 32.2. The number of nitriles is 1. The van der Waals surface area contributed by atoms with Crippen LogP contribution < -0.4 is 0 Å². The molecule has 0 amide bonds. The summed E-state index contributed by atoms with van der Waals surface area (Å²) < 4.78 is 0. The fourth-order valence-corrected chi connectivity index (χ4v) is 2.23. The van der Waals surface area contributed by atoms with E-state index in [4.69, 9.17) is 5.26 Å². The SMILES string of the molecule is N#CC=CC1CCSCC1. The highest BCUT2D eigenvalue weighted by Crippen LogP contribution is 2.23. The molecule has 0 radical (unpaired) electrons. The molecule has 0 atom stereocenters. The van der Waals surface area contributed by atoms with E-state index >= 15 is 0 Å². The second-order valence-electron chi connectivity index (χ2n) is 2.44. The maximum Gasteiger partial charge on any atom is 0.0908 e. The van der Waals surface area contributed by atoms with Crippen molar-refractivity contribution in [3.63, 3.8) is 0 Å². The van der Waals surface area contributed by atoms with E-state index in [9.17, 15) is 0 Å². The van der Waals surface area contributed by atoms with Crippen LogP contribution in [0.4, 0.5) is 0 Å². The Kier molecular flexibility index (Phi) is 3.38. The van der Waals surface area contributed by atoms with Gasteiger partial charge in [-0.3, -0.25) is 0 Å². The highest BCUT2D eigenvalue weighted by molar-refractivity contribution is 7.99. The van der Waals surface area contributed by atoms with Crippen molar-refractivity contribution < 1.29 is 0 Å². The van der Waals surface area contributed by atoms with Crippen molar-refractivity contribution >= 4 is 11.8 Å². The molecule has 1 rings (SSSR count). The summed E-state index contributed by atoms with van der Waals surface area (Å²) in [5, 5.41) is 8.25. The quantitative estimate of drug-likeness (QED) is 0.539. The van der Waals surface area contributed by atoms with Gasteiger partial charge in [0.1, 0.15) is 0 Å². The summed E-state index contributed by atoms with van der Waals surface area (Å²) in [6.45, 7) is 0. The lowest BCUT2D eigenvalue weighted by molar-refractivity contribution is 0.602. The lowest BCUT2D eigenvalue weighted by Crippen LogP contribution is -2.06. The molecule has 1 heterocycles. The van der Waals surface area contributed by atoms with Gasteiger partial charge in [-0.05, 0) is 30.3 Å². The molecule has 1 aliphatic heterocycles. The number of hydrogen-bond acceptors (Lipinski definition) is 2. The summed E-state index contributed by atoms with van der Waals surface area (Å²) in [5.74, 6) is 3.21. The topological polar surface area (TPSA) is 23.8 Å². The van der Waals surface area contributed by atoms with E-state index in [1.807, 2.05) is 23.9 Å². The van der Waals surface area contributed by atoms with Gasteiger partial charge in [0.05, 0.1) is 6.07 Å². The molecule has 0 saturated carbocycles. The second kappa shape index (κ2) is 4.40. The number of allylic oxidation sites excluding steroid dienone is 2. The van der Waals surface area contributed by atoms with E-state index in [1.54, 1.807) is 6.08 Å². The lowest BCUT2D eigenvalue weighted by Gasteiger charge is -2.16. The van der Waals surface area contributed by atoms with Crippen LogP contribution in [0.25, 0.3) is 0 Å². The Hall–Kier alpha value is -0.420. The van der Waals surface area contributed by atoms with Crippen molar-refractivity contribution in [2.75, 3.05) is 11.5 Å². The molecule has 0 bridgehead atoms.